The minimum absolute atomic E-state index is 0.0555. The summed E-state index contributed by atoms with van der Waals surface area (Å²) in [5.74, 6) is 0.0555. The summed E-state index contributed by atoms with van der Waals surface area (Å²) in [6, 6.07) is 15.3. The molecule has 0 unspecified atom stereocenters. The van der Waals surface area contributed by atoms with Crippen molar-refractivity contribution in [1.29, 1.82) is 0 Å². The maximum atomic E-state index is 12.3. The Labute approximate surface area is 113 Å². The third-order valence-electron chi connectivity index (χ3n) is 3.23. The topological polar surface area (TPSA) is 46.3 Å². The first kappa shape index (κ1) is 13.1. The van der Waals surface area contributed by atoms with E-state index in [0.29, 0.717) is 12.1 Å². The van der Waals surface area contributed by atoms with Crippen LogP contribution in [0.1, 0.15) is 11.1 Å². The maximum absolute atomic E-state index is 12.3. The molecule has 0 bridgehead atoms. The van der Waals surface area contributed by atoms with E-state index in [4.69, 9.17) is 5.73 Å². The van der Waals surface area contributed by atoms with Gasteiger partial charge in [-0.25, -0.2) is 0 Å². The van der Waals surface area contributed by atoms with E-state index in [1.807, 2.05) is 49.4 Å². The quantitative estimate of drug-likeness (QED) is 0.856. The van der Waals surface area contributed by atoms with Gasteiger partial charge in [-0.2, -0.15) is 0 Å². The molecule has 2 N–H and O–H groups in total. The average molecular weight is 254 g/mol. The van der Waals surface area contributed by atoms with E-state index in [9.17, 15) is 4.79 Å². The molecule has 98 valence electrons. The average Bonchev–Trinajstić information content (AvgIpc) is 2.40. The van der Waals surface area contributed by atoms with Gasteiger partial charge in [0.05, 0.1) is 6.42 Å². The summed E-state index contributed by atoms with van der Waals surface area (Å²) in [5, 5.41) is 0. The summed E-state index contributed by atoms with van der Waals surface area (Å²) >= 11 is 0. The molecule has 0 aliphatic carbocycles. The molecule has 19 heavy (non-hydrogen) atoms. The fourth-order valence-electron chi connectivity index (χ4n) is 1.97. The molecule has 0 saturated carbocycles. The molecule has 0 saturated heterocycles. The Kier molecular flexibility index (Phi) is 3.85. The fraction of sp³-hybridized carbons (Fsp3) is 0.188. The van der Waals surface area contributed by atoms with Crippen molar-refractivity contribution < 1.29 is 4.79 Å². The van der Waals surface area contributed by atoms with Crippen LogP contribution in [0.2, 0.25) is 0 Å². The number of aryl methyl sites for hydroxylation is 1. The van der Waals surface area contributed by atoms with E-state index in [0.717, 1.165) is 16.8 Å². The second-order valence-corrected chi connectivity index (χ2v) is 4.65. The van der Waals surface area contributed by atoms with E-state index in [-0.39, 0.29) is 5.91 Å². The monoisotopic (exact) mass is 254 g/mol. The highest BCUT2D eigenvalue weighted by molar-refractivity contribution is 5.94. The molecule has 0 heterocycles. The number of amides is 1. The van der Waals surface area contributed by atoms with E-state index in [2.05, 4.69) is 0 Å². The number of carbonyl (C=O) groups excluding carboxylic acids is 1. The van der Waals surface area contributed by atoms with Gasteiger partial charge in [-0.3, -0.25) is 4.79 Å². The summed E-state index contributed by atoms with van der Waals surface area (Å²) in [6.45, 7) is 2.02. The summed E-state index contributed by atoms with van der Waals surface area (Å²) in [4.78, 5) is 13.9. The van der Waals surface area contributed by atoms with Gasteiger partial charge in [0.1, 0.15) is 0 Å². The molecule has 0 spiro atoms. The number of nitrogen functional groups attached to an aromatic ring is 1. The van der Waals surface area contributed by atoms with Crippen LogP contribution in [0.25, 0.3) is 0 Å². The standard InChI is InChI=1S/C16H18N2O/c1-12-6-3-4-7-13(12)10-16(19)18(2)15-9-5-8-14(17)11-15/h3-9,11H,10,17H2,1-2H3. The summed E-state index contributed by atoms with van der Waals surface area (Å²) in [5.41, 5.74) is 9.41. The Morgan fingerprint density at radius 2 is 1.89 bits per heavy atom. The smallest absolute Gasteiger partial charge is 0.231 e. The number of anilines is 2. The summed E-state index contributed by atoms with van der Waals surface area (Å²) in [7, 11) is 1.77. The van der Waals surface area contributed by atoms with Gasteiger partial charge in [0, 0.05) is 18.4 Å². The predicted molar refractivity (Wildman–Crippen MR) is 79.1 cm³/mol. The molecule has 2 aromatic rings. The van der Waals surface area contributed by atoms with Crippen LogP contribution in [0.5, 0.6) is 0 Å². The predicted octanol–water partition coefficient (Wildman–Crippen LogP) is 2.78. The maximum Gasteiger partial charge on any atom is 0.231 e. The number of rotatable bonds is 3. The number of likely N-dealkylation sites (N-methyl/N-ethyl adjacent to an activating group) is 1. The number of nitrogens with two attached hydrogens (primary N) is 1. The number of benzene rings is 2. The van der Waals surface area contributed by atoms with E-state index < -0.39 is 0 Å². The molecule has 0 fully saturated rings. The molecule has 0 radical (unpaired) electrons. The molecular formula is C16H18N2O. The van der Waals surface area contributed by atoms with Gasteiger partial charge in [-0.05, 0) is 36.2 Å². The van der Waals surface area contributed by atoms with Crippen LogP contribution in [0.4, 0.5) is 11.4 Å². The minimum atomic E-state index is 0.0555. The van der Waals surface area contributed by atoms with Gasteiger partial charge in [0.2, 0.25) is 5.91 Å². The first-order chi connectivity index (χ1) is 9.08. The molecule has 1 amide bonds. The molecule has 2 rings (SSSR count). The Balaban J connectivity index is 2.14. The van der Waals surface area contributed by atoms with Crippen molar-refractivity contribution in [3.05, 3.63) is 59.7 Å². The zero-order valence-electron chi connectivity index (χ0n) is 11.3. The van der Waals surface area contributed by atoms with E-state index in [1.54, 1.807) is 18.0 Å². The number of nitrogens with zero attached hydrogens (tertiary/aromatic N) is 1. The first-order valence-corrected chi connectivity index (χ1v) is 6.24. The summed E-state index contributed by atoms with van der Waals surface area (Å²) < 4.78 is 0. The van der Waals surface area contributed by atoms with Gasteiger partial charge in [-0.15, -0.1) is 0 Å². The third-order valence-corrected chi connectivity index (χ3v) is 3.23. The van der Waals surface area contributed by atoms with Crippen molar-refractivity contribution in [3.63, 3.8) is 0 Å². The van der Waals surface area contributed by atoms with Crippen molar-refractivity contribution in [2.45, 2.75) is 13.3 Å². The molecule has 0 atom stereocenters. The molecular weight excluding hydrogens is 236 g/mol. The molecule has 3 nitrogen and oxygen atoms in total. The molecule has 0 aliphatic rings. The molecule has 2 aromatic carbocycles. The molecule has 3 heteroatoms. The second kappa shape index (κ2) is 5.57. The second-order valence-electron chi connectivity index (χ2n) is 4.65. The van der Waals surface area contributed by atoms with Gasteiger partial charge in [0.25, 0.3) is 0 Å². The summed E-state index contributed by atoms with van der Waals surface area (Å²) in [6.07, 6.45) is 0.401. The SMILES string of the molecule is Cc1ccccc1CC(=O)N(C)c1cccc(N)c1. The lowest BCUT2D eigenvalue weighted by Crippen LogP contribution is -2.28. The lowest BCUT2D eigenvalue weighted by atomic mass is 10.1. The Hall–Kier alpha value is -2.29. The Morgan fingerprint density at radius 1 is 1.16 bits per heavy atom. The normalized spacial score (nSPS) is 10.2. The largest absolute Gasteiger partial charge is 0.399 e. The lowest BCUT2D eigenvalue weighted by Gasteiger charge is -2.18. The first-order valence-electron chi connectivity index (χ1n) is 6.24. The highest BCUT2D eigenvalue weighted by Crippen LogP contribution is 2.18. The highest BCUT2D eigenvalue weighted by atomic mass is 16.2. The van der Waals surface area contributed by atoms with E-state index >= 15 is 0 Å². The van der Waals surface area contributed by atoms with Gasteiger partial charge in [-0.1, -0.05) is 30.3 Å². The van der Waals surface area contributed by atoms with Crippen molar-refractivity contribution in [2.24, 2.45) is 0 Å². The van der Waals surface area contributed by atoms with Crippen LogP contribution >= 0.6 is 0 Å². The van der Waals surface area contributed by atoms with Gasteiger partial charge < -0.3 is 10.6 Å². The van der Waals surface area contributed by atoms with E-state index in [1.165, 1.54) is 0 Å². The zero-order chi connectivity index (χ0) is 13.8. The zero-order valence-corrected chi connectivity index (χ0v) is 11.3. The van der Waals surface area contributed by atoms with Crippen LogP contribution < -0.4 is 10.6 Å². The van der Waals surface area contributed by atoms with Crippen LogP contribution in [-0.4, -0.2) is 13.0 Å². The van der Waals surface area contributed by atoms with Crippen molar-refractivity contribution in [2.75, 3.05) is 17.7 Å². The number of hydrogen-bond acceptors (Lipinski definition) is 2. The molecule has 0 aromatic heterocycles. The van der Waals surface area contributed by atoms with Crippen LogP contribution in [0.3, 0.4) is 0 Å². The van der Waals surface area contributed by atoms with Crippen molar-refractivity contribution in [1.82, 2.24) is 0 Å². The van der Waals surface area contributed by atoms with Crippen LogP contribution in [0, 0.1) is 6.92 Å². The third kappa shape index (κ3) is 3.13. The van der Waals surface area contributed by atoms with Gasteiger partial charge >= 0.3 is 0 Å². The number of carbonyl (C=O) groups is 1. The van der Waals surface area contributed by atoms with Crippen LogP contribution in [-0.2, 0) is 11.2 Å². The minimum Gasteiger partial charge on any atom is -0.399 e. The van der Waals surface area contributed by atoms with Crippen LogP contribution in [0.15, 0.2) is 48.5 Å². The Bertz CT molecular complexity index is 593. The highest BCUT2D eigenvalue weighted by Gasteiger charge is 2.12. The number of hydrogen-bond donors (Lipinski definition) is 1. The fourth-order valence-corrected chi connectivity index (χ4v) is 1.97. The van der Waals surface area contributed by atoms with Crippen molar-refractivity contribution in [3.8, 4) is 0 Å². The van der Waals surface area contributed by atoms with Gasteiger partial charge in [0.15, 0.2) is 0 Å². The Morgan fingerprint density at radius 3 is 2.58 bits per heavy atom. The lowest BCUT2D eigenvalue weighted by molar-refractivity contribution is -0.117. The molecule has 0 aliphatic heterocycles. The van der Waals surface area contributed by atoms with Crippen molar-refractivity contribution >= 4 is 17.3 Å².